The standard InChI is InChI=1S/C17H28N2O2/c1-12(2)21-15-8-6-14(7-9-15)13(3)19-16(20)10-11-17(4,5)18/h6-9,12-13H,10-11,18H2,1-5H3,(H,19,20). The molecule has 1 aromatic rings. The second-order valence-corrected chi connectivity index (χ2v) is 6.51. The SMILES string of the molecule is CC(C)Oc1ccc(C(C)NC(=O)CCC(C)(C)N)cc1. The smallest absolute Gasteiger partial charge is 0.220 e. The first-order valence-corrected chi connectivity index (χ1v) is 7.52. The van der Waals surface area contributed by atoms with Crippen LogP contribution in [-0.4, -0.2) is 17.6 Å². The van der Waals surface area contributed by atoms with E-state index in [9.17, 15) is 4.79 Å². The summed E-state index contributed by atoms with van der Waals surface area (Å²) < 4.78 is 5.60. The molecule has 4 heteroatoms. The summed E-state index contributed by atoms with van der Waals surface area (Å²) in [6.07, 6.45) is 1.28. The van der Waals surface area contributed by atoms with Gasteiger partial charge in [0.15, 0.2) is 0 Å². The zero-order chi connectivity index (χ0) is 16.0. The number of amides is 1. The third-order valence-electron chi connectivity index (χ3n) is 3.13. The maximum atomic E-state index is 11.9. The van der Waals surface area contributed by atoms with Crippen molar-refractivity contribution < 1.29 is 9.53 Å². The largest absolute Gasteiger partial charge is 0.491 e. The molecule has 0 aliphatic carbocycles. The van der Waals surface area contributed by atoms with Gasteiger partial charge in [0.2, 0.25) is 5.91 Å². The van der Waals surface area contributed by atoms with E-state index in [1.165, 1.54) is 0 Å². The predicted molar refractivity (Wildman–Crippen MR) is 86.3 cm³/mol. The van der Waals surface area contributed by atoms with Crippen LogP contribution < -0.4 is 15.8 Å². The summed E-state index contributed by atoms with van der Waals surface area (Å²) in [6.45, 7) is 9.82. The van der Waals surface area contributed by atoms with Crippen molar-refractivity contribution in [2.45, 2.75) is 65.1 Å². The van der Waals surface area contributed by atoms with Gasteiger partial charge in [-0.05, 0) is 58.7 Å². The van der Waals surface area contributed by atoms with Crippen LogP contribution in [0.15, 0.2) is 24.3 Å². The topological polar surface area (TPSA) is 64.3 Å². The first kappa shape index (κ1) is 17.5. The van der Waals surface area contributed by atoms with Gasteiger partial charge in [-0.15, -0.1) is 0 Å². The summed E-state index contributed by atoms with van der Waals surface area (Å²) in [5, 5.41) is 2.99. The van der Waals surface area contributed by atoms with E-state index < -0.39 is 0 Å². The van der Waals surface area contributed by atoms with Gasteiger partial charge in [-0.1, -0.05) is 12.1 Å². The summed E-state index contributed by atoms with van der Waals surface area (Å²) >= 11 is 0. The molecule has 1 unspecified atom stereocenters. The highest BCUT2D eigenvalue weighted by Crippen LogP contribution is 2.19. The van der Waals surface area contributed by atoms with Gasteiger partial charge in [-0.3, -0.25) is 4.79 Å². The van der Waals surface area contributed by atoms with Crippen molar-refractivity contribution in [2.24, 2.45) is 5.73 Å². The number of carbonyl (C=O) groups excluding carboxylic acids is 1. The summed E-state index contributed by atoms with van der Waals surface area (Å²) in [7, 11) is 0. The molecule has 4 nitrogen and oxygen atoms in total. The maximum Gasteiger partial charge on any atom is 0.220 e. The molecule has 0 aliphatic rings. The van der Waals surface area contributed by atoms with Gasteiger partial charge in [-0.2, -0.15) is 0 Å². The first-order valence-electron chi connectivity index (χ1n) is 7.52. The molecule has 21 heavy (non-hydrogen) atoms. The second-order valence-electron chi connectivity index (χ2n) is 6.51. The van der Waals surface area contributed by atoms with Gasteiger partial charge in [-0.25, -0.2) is 0 Å². The van der Waals surface area contributed by atoms with Gasteiger partial charge in [0.1, 0.15) is 5.75 Å². The van der Waals surface area contributed by atoms with Crippen LogP contribution in [0.1, 0.15) is 59.1 Å². The summed E-state index contributed by atoms with van der Waals surface area (Å²) in [4.78, 5) is 11.9. The summed E-state index contributed by atoms with van der Waals surface area (Å²) in [6, 6.07) is 7.80. The van der Waals surface area contributed by atoms with Crippen molar-refractivity contribution in [3.05, 3.63) is 29.8 Å². The quantitative estimate of drug-likeness (QED) is 0.811. The van der Waals surface area contributed by atoms with Crippen molar-refractivity contribution in [1.82, 2.24) is 5.32 Å². The molecule has 0 aliphatic heterocycles. The number of benzene rings is 1. The Morgan fingerprint density at radius 1 is 1.24 bits per heavy atom. The van der Waals surface area contributed by atoms with Gasteiger partial charge in [0.25, 0.3) is 0 Å². The van der Waals surface area contributed by atoms with Crippen LogP contribution >= 0.6 is 0 Å². The molecular weight excluding hydrogens is 264 g/mol. The molecule has 1 atom stereocenters. The Morgan fingerprint density at radius 2 is 1.81 bits per heavy atom. The third-order valence-corrected chi connectivity index (χ3v) is 3.13. The molecule has 118 valence electrons. The molecule has 0 radical (unpaired) electrons. The lowest BCUT2D eigenvalue weighted by Crippen LogP contribution is -2.35. The van der Waals surface area contributed by atoms with Crippen LogP contribution in [0, 0.1) is 0 Å². The Labute approximate surface area is 128 Å². The van der Waals surface area contributed by atoms with Crippen molar-refractivity contribution in [3.63, 3.8) is 0 Å². The number of hydrogen-bond donors (Lipinski definition) is 2. The number of ether oxygens (including phenoxy) is 1. The van der Waals surface area contributed by atoms with Crippen molar-refractivity contribution in [3.8, 4) is 5.75 Å². The van der Waals surface area contributed by atoms with Gasteiger partial charge < -0.3 is 15.8 Å². The number of carbonyl (C=O) groups is 1. The van der Waals surface area contributed by atoms with Gasteiger partial charge in [0, 0.05) is 12.0 Å². The predicted octanol–water partition coefficient (Wildman–Crippen LogP) is 3.17. The fourth-order valence-corrected chi connectivity index (χ4v) is 1.94. The Hall–Kier alpha value is -1.55. The van der Waals surface area contributed by atoms with E-state index in [0.29, 0.717) is 12.8 Å². The van der Waals surface area contributed by atoms with E-state index in [1.807, 2.05) is 58.9 Å². The van der Waals surface area contributed by atoms with Gasteiger partial charge >= 0.3 is 0 Å². The third kappa shape index (κ3) is 7.14. The number of rotatable bonds is 7. The maximum absolute atomic E-state index is 11.9. The molecule has 3 N–H and O–H groups in total. The minimum absolute atomic E-state index is 0.0218. The van der Waals surface area contributed by atoms with E-state index in [4.69, 9.17) is 10.5 Å². The lowest BCUT2D eigenvalue weighted by molar-refractivity contribution is -0.122. The Morgan fingerprint density at radius 3 is 2.29 bits per heavy atom. The molecule has 0 saturated carbocycles. The molecule has 0 spiro atoms. The van der Waals surface area contributed by atoms with E-state index in [2.05, 4.69) is 5.32 Å². The number of hydrogen-bond acceptors (Lipinski definition) is 3. The molecule has 1 amide bonds. The van der Waals surface area contributed by atoms with Crippen molar-refractivity contribution in [2.75, 3.05) is 0 Å². The lowest BCUT2D eigenvalue weighted by atomic mass is 9.99. The molecule has 1 aromatic carbocycles. The van der Waals surface area contributed by atoms with E-state index in [-0.39, 0.29) is 23.6 Å². The van der Waals surface area contributed by atoms with Crippen molar-refractivity contribution in [1.29, 1.82) is 0 Å². The van der Waals surface area contributed by atoms with Crippen LogP contribution in [0.4, 0.5) is 0 Å². The highest BCUT2D eigenvalue weighted by atomic mass is 16.5. The fraction of sp³-hybridized carbons (Fsp3) is 0.588. The zero-order valence-corrected chi connectivity index (χ0v) is 13.8. The summed E-state index contributed by atoms with van der Waals surface area (Å²) in [5.41, 5.74) is 6.64. The van der Waals surface area contributed by atoms with Crippen molar-refractivity contribution >= 4 is 5.91 Å². The molecule has 1 rings (SSSR count). The lowest BCUT2D eigenvalue weighted by Gasteiger charge is -2.19. The van der Waals surface area contributed by atoms with E-state index in [1.54, 1.807) is 0 Å². The Bertz CT molecular complexity index is 447. The monoisotopic (exact) mass is 292 g/mol. The van der Waals surface area contributed by atoms with Crippen LogP contribution in [0.3, 0.4) is 0 Å². The molecular formula is C17H28N2O2. The molecule has 0 saturated heterocycles. The minimum atomic E-state index is -0.309. The van der Waals surface area contributed by atoms with Crippen LogP contribution in [-0.2, 0) is 4.79 Å². The average molecular weight is 292 g/mol. The normalized spacial score (nSPS) is 13.1. The first-order chi connectivity index (χ1) is 9.67. The van der Waals surface area contributed by atoms with Crippen LogP contribution in [0.2, 0.25) is 0 Å². The molecule has 0 bridgehead atoms. The Balaban J connectivity index is 2.51. The summed E-state index contributed by atoms with van der Waals surface area (Å²) in [5.74, 6) is 0.876. The van der Waals surface area contributed by atoms with Crippen LogP contribution in [0.25, 0.3) is 0 Å². The molecule has 0 heterocycles. The highest BCUT2D eigenvalue weighted by molar-refractivity contribution is 5.76. The highest BCUT2D eigenvalue weighted by Gasteiger charge is 2.15. The fourth-order valence-electron chi connectivity index (χ4n) is 1.94. The van der Waals surface area contributed by atoms with E-state index in [0.717, 1.165) is 11.3 Å². The average Bonchev–Trinajstić information content (AvgIpc) is 2.35. The number of nitrogens with one attached hydrogen (secondary N) is 1. The van der Waals surface area contributed by atoms with Crippen LogP contribution in [0.5, 0.6) is 5.75 Å². The van der Waals surface area contributed by atoms with Gasteiger partial charge in [0.05, 0.1) is 12.1 Å². The molecule has 0 aromatic heterocycles. The minimum Gasteiger partial charge on any atom is -0.491 e. The molecule has 0 fully saturated rings. The van der Waals surface area contributed by atoms with E-state index >= 15 is 0 Å². The second kappa shape index (κ2) is 7.46. The number of nitrogens with two attached hydrogens (primary N) is 1. The Kier molecular flexibility index (Phi) is 6.21. The zero-order valence-electron chi connectivity index (χ0n) is 13.8.